The molecule has 1 heterocycles. The third-order valence-electron chi connectivity index (χ3n) is 3.83. The third kappa shape index (κ3) is 4.94. The van der Waals surface area contributed by atoms with Crippen molar-refractivity contribution in [2.24, 2.45) is 0 Å². The Kier molecular flexibility index (Phi) is 6.41. The largest absolute Gasteiger partial charge is 0.385 e. The van der Waals surface area contributed by atoms with Crippen LogP contribution in [0.5, 0.6) is 0 Å². The Morgan fingerprint density at radius 3 is 2.61 bits per heavy atom. The first-order chi connectivity index (χ1) is 11.0. The number of sulfonamides is 1. The minimum atomic E-state index is -3.21. The predicted octanol–water partition coefficient (Wildman–Crippen LogP) is 1.77. The summed E-state index contributed by atoms with van der Waals surface area (Å²) >= 11 is 0. The lowest BCUT2D eigenvalue weighted by molar-refractivity contribution is 0.0951. The smallest absolute Gasteiger partial charge is 0.251 e. The summed E-state index contributed by atoms with van der Waals surface area (Å²) in [6, 6.07) is 6.74. The van der Waals surface area contributed by atoms with Crippen LogP contribution in [0.4, 0.5) is 5.69 Å². The van der Waals surface area contributed by atoms with E-state index in [0.717, 1.165) is 19.3 Å². The minimum absolute atomic E-state index is 0.143. The van der Waals surface area contributed by atoms with Crippen molar-refractivity contribution >= 4 is 21.6 Å². The molecule has 1 aliphatic rings. The SMILES string of the molecule is COCCCCNC(=O)c1ccc(N2CCCCS2(=O)=O)cc1. The highest BCUT2D eigenvalue weighted by Gasteiger charge is 2.25. The van der Waals surface area contributed by atoms with Crippen molar-refractivity contribution in [1.29, 1.82) is 0 Å². The monoisotopic (exact) mass is 340 g/mol. The van der Waals surface area contributed by atoms with Crippen molar-refractivity contribution < 1.29 is 17.9 Å². The summed E-state index contributed by atoms with van der Waals surface area (Å²) in [6.45, 7) is 1.80. The molecule has 0 unspecified atom stereocenters. The highest BCUT2D eigenvalue weighted by Crippen LogP contribution is 2.23. The molecule has 1 saturated heterocycles. The molecule has 0 saturated carbocycles. The number of rotatable bonds is 7. The summed E-state index contributed by atoms with van der Waals surface area (Å²) in [7, 11) is -1.56. The third-order valence-corrected chi connectivity index (χ3v) is 5.70. The molecule has 0 bridgehead atoms. The maximum absolute atomic E-state index is 12.1. The van der Waals surface area contributed by atoms with Crippen LogP contribution in [0.1, 0.15) is 36.0 Å². The molecule has 1 aromatic rings. The molecule has 23 heavy (non-hydrogen) atoms. The van der Waals surface area contributed by atoms with E-state index >= 15 is 0 Å². The summed E-state index contributed by atoms with van der Waals surface area (Å²) in [5, 5.41) is 2.85. The Bertz CT molecular complexity index is 613. The molecule has 1 fully saturated rings. The van der Waals surface area contributed by atoms with Crippen LogP contribution in [-0.4, -0.2) is 46.9 Å². The lowest BCUT2D eigenvalue weighted by Crippen LogP contribution is -2.37. The van der Waals surface area contributed by atoms with Crippen molar-refractivity contribution in [3.05, 3.63) is 29.8 Å². The van der Waals surface area contributed by atoms with Gasteiger partial charge in [-0.2, -0.15) is 0 Å². The molecule has 1 aromatic carbocycles. The van der Waals surface area contributed by atoms with Crippen LogP contribution in [0.3, 0.4) is 0 Å². The Labute approximate surface area is 137 Å². The molecule has 6 nitrogen and oxygen atoms in total. The number of benzene rings is 1. The van der Waals surface area contributed by atoms with Gasteiger partial charge in [-0.05, 0) is 49.9 Å². The Balaban J connectivity index is 1.92. The van der Waals surface area contributed by atoms with Crippen LogP contribution < -0.4 is 9.62 Å². The van der Waals surface area contributed by atoms with Gasteiger partial charge in [-0.25, -0.2) is 8.42 Å². The van der Waals surface area contributed by atoms with E-state index in [0.29, 0.717) is 37.4 Å². The number of methoxy groups -OCH3 is 1. The maximum atomic E-state index is 12.1. The van der Waals surface area contributed by atoms with E-state index in [9.17, 15) is 13.2 Å². The Morgan fingerprint density at radius 1 is 1.22 bits per heavy atom. The van der Waals surface area contributed by atoms with Crippen LogP contribution in [-0.2, 0) is 14.8 Å². The minimum Gasteiger partial charge on any atom is -0.385 e. The number of hydrogen-bond donors (Lipinski definition) is 1. The fourth-order valence-electron chi connectivity index (χ4n) is 2.53. The summed E-state index contributed by atoms with van der Waals surface area (Å²) < 4.78 is 30.5. The lowest BCUT2D eigenvalue weighted by Gasteiger charge is -2.28. The second kappa shape index (κ2) is 8.31. The molecule has 0 atom stereocenters. The standard InChI is InChI=1S/C16H24N2O4S/c1-22-12-4-2-10-17-16(19)14-6-8-15(9-7-14)18-11-3-5-13-23(18,20)21/h6-9H,2-5,10-13H2,1H3,(H,17,19). The zero-order chi connectivity index (χ0) is 16.7. The highest BCUT2D eigenvalue weighted by atomic mass is 32.2. The van der Waals surface area contributed by atoms with Crippen LogP contribution in [0, 0.1) is 0 Å². The lowest BCUT2D eigenvalue weighted by atomic mass is 10.2. The average molecular weight is 340 g/mol. The number of amides is 1. The molecule has 1 aliphatic heterocycles. The van der Waals surface area contributed by atoms with E-state index in [4.69, 9.17) is 4.74 Å². The van der Waals surface area contributed by atoms with Gasteiger partial charge in [-0.1, -0.05) is 0 Å². The number of ether oxygens (including phenoxy) is 1. The maximum Gasteiger partial charge on any atom is 0.251 e. The van der Waals surface area contributed by atoms with Crippen molar-refractivity contribution in [2.45, 2.75) is 25.7 Å². The van der Waals surface area contributed by atoms with Gasteiger partial charge in [-0.15, -0.1) is 0 Å². The second-order valence-corrected chi connectivity index (χ2v) is 7.61. The second-order valence-electron chi connectivity index (χ2n) is 5.60. The van der Waals surface area contributed by atoms with Gasteiger partial charge in [0.15, 0.2) is 0 Å². The summed E-state index contributed by atoms with van der Waals surface area (Å²) in [4.78, 5) is 12.0. The number of anilines is 1. The van der Waals surface area contributed by atoms with E-state index < -0.39 is 10.0 Å². The van der Waals surface area contributed by atoms with Crippen molar-refractivity contribution in [3.8, 4) is 0 Å². The first kappa shape index (κ1) is 17.7. The van der Waals surface area contributed by atoms with Gasteiger partial charge in [0.2, 0.25) is 10.0 Å². The molecule has 0 spiro atoms. The van der Waals surface area contributed by atoms with E-state index in [1.165, 1.54) is 4.31 Å². The topological polar surface area (TPSA) is 75.7 Å². The molecule has 128 valence electrons. The molecular weight excluding hydrogens is 316 g/mol. The number of nitrogens with one attached hydrogen (secondary N) is 1. The number of nitrogens with zero attached hydrogens (tertiary/aromatic N) is 1. The summed E-state index contributed by atoms with van der Waals surface area (Å²) in [5.41, 5.74) is 1.16. The number of carbonyl (C=O) groups is 1. The van der Waals surface area contributed by atoms with Crippen molar-refractivity contribution in [2.75, 3.05) is 36.9 Å². The fourth-order valence-corrected chi connectivity index (χ4v) is 4.17. The molecule has 0 radical (unpaired) electrons. The highest BCUT2D eigenvalue weighted by molar-refractivity contribution is 7.92. The summed E-state index contributed by atoms with van der Waals surface area (Å²) in [5.74, 6) is 0.0481. The van der Waals surface area contributed by atoms with Gasteiger partial charge < -0.3 is 10.1 Å². The first-order valence-corrected chi connectivity index (χ1v) is 9.53. The van der Waals surface area contributed by atoms with Gasteiger partial charge in [0, 0.05) is 32.4 Å². The zero-order valence-corrected chi connectivity index (χ0v) is 14.3. The van der Waals surface area contributed by atoms with Crippen LogP contribution >= 0.6 is 0 Å². The Hall–Kier alpha value is -1.60. The number of unbranched alkanes of at least 4 members (excludes halogenated alkanes) is 1. The molecule has 2 rings (SSSR count). The molecule has 7 heteroatoms. The van der Waals surface area contributed by atoms with Crippen LogP contribution in [0.25, 0.3) is 0 Å². The van der Waals surface area contributed by atoms with E-state index in [1.54, 1.807) is 31.4 Å². The molecule has 1 amide bonds. The predicted molar refractivity (Wildman–Crippen MR) is 90.3 cm³/mol. The number of hydrogen-bond acceptors (Lipinski definition) is 4. The van der Waals surface area contributed by atoms with Crippen molar-refractivity contribution in [3.63, 3.8) is 0 Å². The van der Waals surface area contributed by atoms with Gasteiger partial charge in [-0.3, -0.25) is 9.10 Å². The zero-order valence-electron chi connectivity index (χ0n) is 13.5. The van der Waals surface area contributed by atoms with Gasteiger partial charge >= 0.3 is 0 Å². The molecule has 0 aliphatic carbocycles. The molecule has 0 aromatic heterocycles. The van der Waals surface area contributed by atoms with Gasteiger partial charge in [0.25, 0.3) is 5.91 Å². The Morgan fingerprint density at radius 2 is 1.96 bits per heavy atom. The molecule has 1 N–H and O–H groups in total. The summed E-state index contributed by atoms with van der Waals surface area (Å²) in [6.07, 6.45) is 3.34. The molecular formula is C16H24N2O4S. The normalized spacial score (nSPS) is 17.0. The van der Waals surface area contributed by atoms with Crippen molar-refractivity contribution in [1.82, 2.24) is 5.32 Å². The first-order valence-electron chi connectivity index (χ1n) is 7.92. The number of carbonyl (C=O) groups excluding carboxylic acids is 1. The van der Waals surface area contributed by atoms with Crippen LogP contribution in [0.2, 0.25) is 0 Å². The average Bonchev–Trinajstić information content (AvgIpc) is 2.54. The van der Waals surface area contributed by atoms with E-state index in [-0.39, 0.29) is 11.7 Å². The fraction of sp³-hybridized carbons (Fsp3) is 0.562. The van der Waals surface area contributed by atoms with Gasteiger partial charge in [0.1, 0.15) is 0 Å². The quantitative estimate of drug-likeness (QED) is 0.768. The van der Waals surface area contributed by atoms with E-state index in [2.05, 4.69) is 5.32 Å². The van der Waals surface area contributed by atoms with E-state index in [1.807, 2.05) is 0 Å². The van der Waals surface area contributed by atoms with Gasteiger partial charge in [0.05, 0.1) is 11.4 Å². The van der Waals surface area contributed by atoms with Crippen LogP contribution in [0.15, 0.2) is 24.3 Å².